The first-order valence-electron chi connectivity index (χ1n) is 8.02. The lowest BCUT2D eigenvalue weighted by molar-refractivity contribution is -0.136. The summed E-state index contributed by atoms with van der Waals surface area (Å²) < 4.78 is 24.9. The van der Waals surface area contributed by atoms with E-state index in [1.54, 1.807) is 0 Å². The molecule has 0 aliphatic rings. The van der Waals surface area contributed by atoms with Crippen LogP contribution in [0.4, 0.5) is 0 Å². The van der Waals surface area contributed by atoms with Crippen molar-refractivity contribution in [3.8, 4) is 0 Å². The van der Waals surface area contributed by atoms with E-state index in [0.29, 0.717) is 11.4 Å². The number of aryl methyl sites for hydroxylation is 1. The Hall–Kier alpha value is -1.92. The third-order valence-corrected chi connectivity index (χ3v) is 6.29. The number of sulfone groups is 1. The molecule has 0 amide bonds. The molecule has 134 valence electrons. The van der Waals surface area contributed by atoms with E-state index in [-0.39, 0.29) is 11.3 Å². The second-order valence-electron chi connectivity index (χ2n) is 5.79. The summed E-state index contributed by atoms with van der Waals surface area (Å²) in [6.45, 7) is 0. The number of benzene rings is 1. The topological polar surface area (TPSA) is 84.3 Å². The standard InChI is InChI=1S/C18H20ClNO4S/c19-15-10-8-14(9-11-15)5-2-1-3-7-17(18(21)22)25(23,24)16-6-4-12-20-13-16/h4,6,8-13,17H,1-3,5,7H2,(H,21,22). The molecular formula is C18H20ClNO4S. The lowest BCUT2D eigenvalue weighted by Crippen LogP contribution is -2.30. The maximum Gasteiger partial charge on any atom is 0.322 e. The van der Waals surface area contributed by atoms with Crippen LogP contribution in [0.1, 0.15) is 31.2 Å². The summed E-state index contributed by atoms with van der Waals surface area (Å²) in [5.74, 6) is -1.32. The average Bonchev–Trinajstić information content (AvgIpc) is 2.59. The van der Waals surface area contributed by atoms with E-state index in [0.717, 1.165) is 24.8 Å². The van der Waals surface area contributed by atoms with Gasteiger partial charge in [0.1, 0.15) is 0 Å². The van der Waals surface area contributed by atoms with Gasteiger partial charge in [-0.05, 0) is 49.1 Å². The summed E-state index contributed by atoms with van der Waals surface area (Å²) in [4.78, 5) is 15.1. The van der Waals surface area contributed by atoms with E-state index < -0.39 is 21.1 Å². The summed E-state index contributed by atoms with van der Waals surface area (Å²) in [6.07, 6.45) is 5.73. The monoisotopic (exact) mass is 381 g/mol. The van der Waals surface area contributed by atoms with E-state index in [2.05, 4.69) is 4.98 Å². The Labute approximate surface area is 152 Å². The summed E-state index contributed by atoms with van der Waals surface area (Å²) in [5.41, 5.74) is 1.15. The van der Waals surface area contributed by atoms with Crippen molar-refractivity contribution in [1.29, 1.82) is 0 Å². The molecular weight excluding hydrogens is 362 g/mol. The molecule has 1 aromatic carbocycles. The highest BCUT2D eigenvalue weighted by Crippen LogP contribution is 2.20. The Morgan fingerprint density at radius 1 is 1.12 bits per heavy atom. The van der Waals surface area contributed by atoms with Crippen molar-refractivity contribution in [2.75, 3.05) is 0 Å². The van der Waals surface area contributed by atoms with Gasteiger partial charge in [0.2, 0.25) is 0 Å². The molecule has 1 atom stereocenters. The molecule has 0 spiro atoms. The van der Waals surface area contributed by atoms with Crippen LogP contribution in [-0.4, -0.2) is 29.7 Å². The van der Waals surface area contributed by atoms with E-state index in [1.807, 2.05) is 24.3 Å². The third kappa shape index (κ3) is 5.54. The molecule has 1 aromatic heterocycles. The zero-order valence-electron chi connectivity index (χ0n) is 13.6. The van der Waals surface area contributed by atoms with Crippen LogP contribution in [0.2, 0.25) is 5.02 Å². The SMILES string of the molecule is O=C(O)C(CCCCCc1ccc(Cl)cc1)S(=O)(=O)c1cccnc1. The molecule has 0 radical (unpaired) electrons. The van der Waals surface area contributed by atoms with Crippen LogP contribution in [0.3, 0.4) is 0 Å². The molecule has 7 heteroatoms. The fraction of sp³-hybridized carbons (Fsp3) is 0.333. The fourth-order valence-corrected chi connectivity index (χ4v) is 4.25. The van der Waals surface area contributed by atoms with Crippen LogP contribution in [0.25, 0.3) is 0 Å². The van der Waals surface area contributed by atoms with Crippen LogP contribution in [0.15, 0.2) is 53.7 Å². The highest BCUT2D eigenvalue weighted by Gasteiger charge is 2.33. The number of pyridine rings is 1. The van der Waals surface area contributed by atoms with Crippen LogP contribution < -0.4 is 0 Å². The molecule has 25 heavy (non-hydrogen) atoms. The molecule has 5 nitrogen and oxygen atoms in total. The van der Waals surface area contributed by atoms with Gasteiger partial charge in [-0.3, -0.25) is 9.78 Å². The molecule has 0 saturated heterocycles. The number of halogens is 1. The number of nitrogens with zero attached hydrogens (tertiary/aromatic N) is 1. The Morgan fingerprint density at radius 2 is 1.84 bits per heavy atom. The van der Waals surface area contributed by atoms with Crippen LogP contribution >= 0.6 is 11.6 Å². The first kappa shape index (κ1) is 19.4. The quantitative estimate of drug-likeness (QED) is 0.668. The number of unbranched alkanes of at least 4 members (excludes halogenated alkanes) is 2. The van der Waals surface area contributed by atoms with Gasteiger partial charge in [0, 0.05) is 17.4 Å². The molecule has 1 N–H and O–H groups in total. The molecule has 0 aliphatic carbocycles. The zero-order chi connectivity index (χ0) is 18.3. The van der Waals surface area contributed by atoms with Gasteiger partial charge in [0.25, 0.3) is 0 Å². The van der Waals surface area contributed by atoms with Crippen molar-refractivity contribution < 1.29 is 18.3 Å². The molecule has 0 fully saturated rings. The van der Waals surface area contributed by atoms with Crippen LogP contribution in [0, 0.1) is 0 Å². The van der Waals surface area contributed by atoms with Crippen molar-refractivity contribution in [3.63, 3.8) is 0 Å². The van der Waals surface area contributed by atoms with Gasteiger partial charge < -0.3 is 5.11 Å². The predicted octanol–water partition coefficient (Wildman–Crippen LogP) is 3.77. The predicted molar refractivity (Wildman–Crippen MR) is 96.5 cm³/mol. The zero-order valence-corrected chi connectivity index (χ0v) is 15.2. The van der Waals surface area contributed by atoms with Gasteiger partial charge in [-0.2, -0.15) is 0 Å². The number of aliphatic carboxylic acids is 1. The lowest BCUT2D eigenvalue weighted by atomic mass is 10.1. The summed E-state index contributed by atoms with van der Waals surface area (Å²) >= 11 is 5.84. The van der Waals surface area contributed by atoms with Gasteiger partial charge in [-0.15, -0.1) is 0 Å². The van der Waals surface area contributed by atoms with Gasteiger partial charge in [0.15, 0.2) is 15.1 Å². The third-order valence-electron chi connectivity index (χ3n) is 3.96. The number of carbonyl (C=O) groups is 1. The first-order valence-corrected chi connectivity index (χ1v) is 9.95. The highest BCUT2D eigenvalue weighted by molar-refractivity contribution is 7.92. The van der Waals surface area contributed by atoms with Gasteiger partial charge in [-0.25, -0.2) is 8.42 Å². The largest absolute Gasteiger partial charge is 0.480 e. The van der Waals surface area contributed by atoms with E-state index in [9.17, 15) is 18.3 Å². The van der Waals surface area contributed by atoms with Crippen molar-refractivity contribution in [2.24, 2.45) is 0 Å². The smallest absolute Gasteiger partial charge is 0.322 e. The van der Waals surface area contributed by atoms with E-state index in [1.165, 1.54) is 24.5 Å². The fourth-order valence-electron chi connectivity index (χ4n) is 2.58. The lowest BCUT2D eigenvalue weighted by Gasteiger charge is -2.13. The second kappa shape index (κ2) is 8.97. The minimum atomic E-state index is -3.92. The van der Waals surface area contributed by atoms with Crippen molar-refractivity contribution in [2.45, 2.75) is 42.2 Å². The maximum atomic E-state index is 12.5. The maximum absolute atomic E-state index is 12.5. The van der Waals surface area contributed by atoms with Crippen LogP contribution in [-0.2, 0) is 21.1 Å². The Bertz CT molecular complexity index is 792. The molecule has 0 bridgehead atoms. The normalized spacial score (nSPS) is 12.7. The second-order valence-corrected chi connectivity index (χ2v) is 8.35. The number of hydrogen-bond acceptors (Lipinski definition) is 4. The molecule has 0 aliphatic heterocycles. The number of hydrogen-bond donors (Lipinski definition) is 1. The summed E-state index contributed by atoms with van der Waals surface area (Å²) in [6, 6.07) is 10.4. The van der Waals surface area contributed by atoms with E-state index >= 15 is 0 Å². The van der Waals surface area contributed by atoms with Gasteiger partial charge in [-0.1, -0.05) is 36.6 Å². The number of rotatable bonds is 9. The number of carboxylic acids is 1. The minimum Gasteiger partial charge on any atom is -0.480 e. The molecule has 1 heterocycles. The highest BCUT2D eigenvalue weighted by atomic mass is 35.5. The molecule has 1 unspecified atom stereocenters. The number of aromatic nitrogens is 1. The van der Waals surface area contributed by atoms with Crippen LogP contribution in [0.5, 0.6) is 0 Å². The average molecular weight is 382 g/mol. The minimum absolute atomic E-state index is 0.0523. The van der Waals surface area contributed by atoms with E-state index in [4.69, 9.17) is 11.6 Å². The van der Waals surface area contributed by atoms with Crippen molar-refractivity contribution in [1.82, 2.24) is 4.98 Å². The molecule has 2 aromatic rings. The van der Waals surface area contributed by atoms with Gasteiger partial charge in [0.05, 0.1) is 4.90 Å². The Morgan fingerprint density at radius 3 is 2.44 bits per heavy atom. The summed E-state index contributed by atoms with van der Waals surface area (Å²) in [7, 11) is -3.92. The first-order chi connectivity index (χ1) is 11.9. The summed E-state index contributed by atoms with van der Waals surface area (Å²) in [5, 5.41) is 8.57. The molecule has 0 saturated carbocycles. The Balaban J connectivity index is 1.88. The Kier molecular flexibility index (Phi) is 6.96. The van der Waals surface area contributed by atoms with Crippen molar-refractivity contribution >= 4 is 27.4 Å². The van der Waals surface area contributed by atoms with Gasteiger partial charge >= 0.3 is 5.97 Å². The number of carboxylic acid groups (broad SMARTS) is 1. The molecule has 2 rings (SSSR count). The van der Waals surface area contributed by atoms with Crippen molar-refractivity contribution in [3.05, 3.63) is 59.4 Å².